The Morgan fingerprint density at radius 2 is 2.00 bits per heavy atom. The molecule has 1 unspecified atom stereocenters. The molecule has 0 amide bonds. The molecule has 0 N–H and O–H groups in total. The summed E-state index contributed by atoms with van der Waals surface area (Å²) in [4.78, 5) is 0. The van der Waals surface area contributed by atoms with E-state index in [4.69, 9.17) is 0 Å². The molecular weight excluding hydrogens is 128 g/mol. The van der Waals surface area contributed by atoms with E-state index in [0.29, 0.717) is 0 Å². The predicted octanol–water partition coefficient (Wildman–Crippen LogP) is 2.99. The van der Waals surface area contributed by atoms with E-state index in [1.165, 1.54) is 6.42 Å². The maximum atomic E-state index is 4.09. The molecule has 9 heavy (non-hydrogen) atoms. The summed E-state index contributed by atoms with van der Waals surface area (Å²) in [6.45, 7) is 10.8. The Balaban J connectivity index is 3.58. The van der Waals surface area contributed by atoms with Gasteiger partial charge in [0.2, 0.25) is 0 Å². The van der Waals surface area contributed by atoms with Crippen LogP contribution in [0.25, 0.3) is 0 Å². The van der Waals surface area contributed by atoms with E-state index in [9.17, 15) is 0 Å². The average molecular weight is 145 g/mol. The van der Waals surface area contributed by atoms with Crippen molar-refractivity contribution in [1.82, 2.24) is 0 Å². The zero-order valence-corrected chi connectivity index (χ0v) is 7.72. The second-order valence-electron chi connectivity index (χ2n) is 3.25. The van der Waals surface area contributed by atoms with E-state index in [-0.39, 0.29) is 4.75 Å². The predicted molar refractivity (Wildman–Crippen MR) is 46.7 cm³/mol. The van der Waals surface area contributed by atoms with E-state index in [0.717, 1.165) is 5.92 Å². The van der Waals surface area contributed by atoms with Crippen molar-refractivity contribution in [2.75, 3.05) is 6.26 Å². The zero-order chi connectivity index (χ0) is 7.49. The monoisotopic (exact) mass is 145 g/mol. The average Bonchev–Trinajstić information content (AvgIpc) is 1.63. The van der Waals surface area contributed by atoms with Gasteiger partial charge in [0.05, 0.1) is 0 Å². The first-order chi connectivity index (χ1) is 3.98. The second-order valence-corrected chi connectivity index (χ2v) is 4.65. The number of hydrogen-bond acceptors (Lipinski definition) is 1. The standard InChI is InChI=1S/C8H17S/c1-7(2)6-8(3,4)9-5/h7H,3,6H2,1-2,4-5H3. The van der Waals surface area contributed by atoms with Crippen LogP contribution in [0.15, 0.2) is 0 Å². The van der Waals surface area contributed by atoms with Crippen molar-refractivity contribution in [1.29, 1.82) is 0 Å². The lowest BCUT2D eigenvalue weighted by Crippen LogP contribution is -2.16. The Kier molecular flexibility index (Phi) is 3.64. The summed E-state index contributed by atoms with van der Waals surface area (Å²) >= 11 is 1.84. The van der Waals surface area contributed by atoms with E-state index in [2.05, 4.69) is 34.0 Å². The van der Waals surface area contributed by atoms with Crippen LogP contribution in [0.2, 0.25) is 0 Å². The molecule has 1 radical (unpaired) electrons. The fourth-order valence-corrected chi connectivity index (χ4v) is 1.45. The van der Waals surface area contributed by atoms with Crippen LogP contribution in [0.3, 0.4) is 0 Å². The molecule has 0 fully saturated rings. The minimum absolute atomic E-state index is 0.230. The lowest BCUT2D eigenvalue weighted by Gasteiger charge is -2.23. The van der Waals surface area contributed by atoms with Crippen molar-refractivity contribution in [3.05, 3.63) is 6.92 Å². The van der Waals surface area contributed by atoms with Gasteiger partial charge in [-0.3, -0.25) is 0 Å². The molecular formula is C8H17S. The molecule has 0 aromatic heterocycles. The molecule has 0 saturated carbocycles. The maximum Gasteiger partial charge on any atom is 0.0132 e. The van der Waals surface area contributed by atoms with E-state index < -0.39 is 0 Å². The molecule has 0 spiro atoms. The fraction of sp³-hybridized carbons (Fsp3) is 0.875. The highest BCUT2D eigenvalue weighted by Crippen LogP contribution is 2.27. The molecule has 0 saturated heterocycles. The van der Waals surface area contributed by atoms with E-state index in [1.54, 1.807) is 0 Å². The summed E-state index contributed by atoms with van der Waals surface area (Å²) in [5, 5.41) is 0. The van der Waals surface area contributed by atoms with Gasteiger partial charge in [0.25, 0.3) is 0 Å². The van der Waals surface area contributed by atoms with Gasteiger partial charge in [0, 0.05) is 4.75 Å². The van der Waals surface area contributed by atoms with Crippen molar-refractivity contribution in [2.45, 2.75) is 31.9 Å². The van der Waals surface area contributed by atoms with Gasteiger partial charge in [-0.15, -0.1) is 0 Å². The summed E-state index contributed by atoms with van der Waals surface area (Å²) in [6.07, 6.45) is 3.32. The van der Waals surface area contributed by atoms with Gasteiger partial charge in [-0.2, -0.15) is 11.8 Å². The van der Waals surface area contributed by atoms with Crippen LogP contribution in [0.1, 0.15) is 27.2 Å². The van der Waals surface area contributed by atoms with Crippen molar-refractivity contribution >= 4 is 11.8 Å². The minimum atomic E-state index is 0.230. The molecule has 0 aliphatic rings. The first kappa shape index (κ1) is 9.35. The largest absolute Gasteiger partial charge is 0.159 e. The Morgan fingerprint density at radius 1 is 1.56 bits per heavy atom. The Hall–Kier alpha value is 0.350. The Morgan fingerprint density at radius 3 is 2.11 bits per heavy atom. The lowest BCUT2D eigenvalue weighted by atomic mass is 10.0. The summed E-state index contributed by atoms with van der Waals surface area (Å²) < 4.78 is 0.230. The van der Waals surface area contributed by atoms with Crippen molar-refractivity contribution in [3.8, 4) is 0 Å². The van der Waals surface area contributed by atoms with E-state index >= 15 is 0 Å². The number of hydrogen-bond donors (Lipinski definition) is 0. The van der Waals surface area contributed by atoms with Gasteiger partial charge in [0.1, 0.15) is 0 Å². The third-order valence-electron chi connectivity index (χ3n) is 1.33. The van der Waals surface area contributed by atoms with Crippen LogP contribution in [-0.4, -0.2) is 11.0 Å². The van der Waals surface area contributed by atoms with Crippen molar-refractivity contribution in [3.63, 3.8) is 0 Å². The molecule has 0 nitrogen and oxygen atoms in total. The topological polar surface area (TPSA) is 0 Å². The zero-order valence-electron chi connectivity index (χ0n) is 6.90. The van der Waals surface area contributed by atoms with Crippen molar-refractivity contribution < 1.29 is 0 Å². The molecule has 1 heteroatoms. The number of rotatable bonds is 3. The fourth-order valence-electron chi connectivity index (χ4n) is 0.947. The number of thioether (sulfide) groups is 1. The van der Waals surface area contributed by atoms with Crippen LogP contribution in [-0.2, 0) is 0 Å². The molecule has 0 bridgehead atoms. The summed E-state index contributed by atoms with van der Waals surface area (Å²) in [7, 11) is 0. The third-order valence-corrected chi connectivity index (χ3v) is 2.49. The van der Waals surface area contributed by atoms with Gasteiger partial charge < -0.3 is 0 Å². The minimum Gasteiger partial charge on any atom is -0.159 e. The van der Waals surface area contributed by atoms with Crippen LogP contribution >= 0.6 is 11.8 Å². The van der Waals surface area contributed by atoms with E-state index in [1.807, 2.05) is 11.8 Å². The summed E-state index contributed by atoms with van der Waals surface area (Å²) in [5.74, 6) is 0.764. The van der Waals surface area contributed by atoms with Gasteiger partial charge in [0.15, 0.2) is 0 Å². The van der Waals surface area contributed by atoms with Crippen LogP contribution < -0.4 is 0 Å². The van der Waals surface area contributed by atoms with Crippen molar-refractivity contribution in [2.24, 2.45) is 5.92 Å². The van der Waals surface area contributed by atoms with Gasteiger partial charge in [-0.1, -0.05) is 20.8 Å². The molecule has 0 heterocycles. The highest BCUT2D eigenvalue weighted by molar-refractivity contribution is 8.00. The maximum absolute atomic E-state index is 4.09. The first-order valence-electron chi connectivity index (χ1n) is 3.38. The molecule has 55 valence electrons. The molecule has 0 aliphatic heterocycles. The molecule has 0 aromatic carbocycles. The first-order valence-corrected chi connectivity index (χ1v) is 4.61. The van der Waals surface area contributed by atoms with Gasteiger partial charge in [-0.05, 0) is 25.5 Å². The highest BCUT2D eigenvalue weighted by atomic mass is 32.2. The highest BCUT2D eigenvalue weighted by Gasteiger charge is 2.16. The molecule has 0 aromatic rings. The second kappa shape index (κ2) is 3.50. The molecule has 1 atom stereocenters. The molecule has 0 rings (SSSR count). The normalized spacial score (nSPS) is 12.7. The Bertz CT molecular complexity index is 74.6. The third kappa shape index (κ3) is 4.83. The molecule has 0 aliphatic carbocycles. The van der Waals surface area contributed by atoms with Crippen LogP contribution in [0.5, 0.6) is 0 Å². The van der Waals surface area contributed by atoms with Gasteiger partial charge in [-0.25, -0.2) is 0 Å². The summed E-state index contributed by atoms with van der Waals surface area (Å²) in [6, 6.07) is 0. The smallest absolute Gasteiger partial charge is 0.0132 e. The quantitative estimate of drug-likeness (QED) is 0.588. The van der Waals surface area contributed by atoms with Gasteiger partial charge >= 0.3 is 0 Å². The van der Waals surface area contributed by atoms with Crippen LogP contribution in [0, 0.1) is 12.8 Å². The summed E-state index contributed by atoms with van der Waals surface area (Å²) in [5.41, 5.74) is 0. The Labute approximate surface area is 63.4 Å². The SMILES string of the molecule is [CH2]C(C)(CC(C)C)SC. The lowest BCUT2D eigenvalue weighted by molar-refractivity contribution is 0.531. The van der Waals surface area contributed by atoms with Crippen LogP contribution in [0.4, 0.5) is 0 Å².